The standard InChI is InChI=1S/C12H21N5/c1-13-12(14-6-10-4-3-5-10)15-7-11-8-16-17(2)9-11/h8-10H,3-7H2,1-2H3,(H2,13,14,15). The summed E-state index contributed by atoms with van der Waals surface area (Å²) < 4.78 is 1.81. The number of aliphatic imine (C=N–C) groups is 1. The van der Waals surface area contributed by atoms with E-state index in [1.165, 1.54) is 24.8 Å². The van der Waals surface area contributed by atoms with E-state index >= 15 is 0 Å². The Balaban J connectivity index is 1.71. The number of nitrogens with one attached hydrogen (secondary N) is 2. The highest BCUT2D eigenvalue weighted by atomic mass is 15.2. The van der Waals surface area contributed by atoms with Crippen molar-refractivity contribution in [2.45, 2.75) is 25.8 Å². The second kappa shape index (κ2) is 5.70. The van der Waals surface area contributed by atoms with Gasteiger partial charge in [-0.05, 0) is 18.8 Å². The number of guanidine groups is 1. The molecule has 1 aromatic heterocycles. The first-order chi connectivity index (χ1) is 8.28. The summed E-state index contributed by atoms with van der Waals surface area (Å²) in [6, 6.07) is 0. The van der Waals surface area contributed by atoms with Gasteiger partial charge in [0, 0.05) is 38.9 Å². The van der Waals surface area contributed by atoms with E-state index in [9.17, 15) is 0 Å². The molecule has 5 heteroatoms. The van der Waals surface area contributed by atoms with E-state index in [4.69, 9.17) is 0 Å². The maximum absolute atomic E-state index is 4.21. The Labute approximate surface area is 102 Å². The minimum atomic E-state index is 0.762. The second-order valence-electron chi connectivity index (χ2n) is 4.63. The van der Waals surface area contributed by atoms with Crippen molar-refractivity contribution >= 4 is 5.96 Å². The van der Waals surface area contributed by atoms with Gasteiger partial charge in [-0.3, -0.25) is 9.67 Å². The summed E-state index contributed by atoms with van der Waals surface area (Å²) in [7, 11) is 3.73. The quantitative estimate of drug-likeness (QED) is 0.602. The molecule has 1 aliphatic rings. The van der Waals surface area contributed by atoms with Crippen LogP contribution in [0.4, 0.5) is 0 Å². The number of rotatable bonds is 4. The normalized spacial score (nSPS) is 16.7. The van der Waals surface area contributed by atoms with Crippen molar-refractivity contribution in [1.29, 1.82) is 0 Å². The van der Waals surface area contributed by atoms with Crippen LogP contribution in [-0.2, 0) is 13.6 Å². The van der Waals surface area contributed by atoms with Crippen molar-refractivity contribution in [1.82, 2.24) is 20.4 Å². The van der Waals surface area contributed by atoms with Gasteiger partial charge < -0.3 is 10.6 Å². The van der Waals surface area contributed by atoms with Gasteiger partial charge in [-0.25, -0.2) is 0 Å². The Morgan fingerprint density at radius 3 is 2.88 bits per heavy atom. The number of nitrogens with zero attached hydrogens (tertiary/aromatic N) is 3. The van der Waals surface area contributed by atoms with Gasteiger partial charge in [-0.15, -0.1) is 0 Å². The van der Waals surface area contributed by atoms with Gasteiger partial charge in [0.25, 0.3) is 0 Å². The van der Waals surface area contributed by atoms with E-state index in [0.717, 1.165) is 25.0 Å². The molecule has 1 saturated carbocycles. The fraction of sp³-hybridized carbons (Fsp3) is 0.667. The van der Waals surface area contributed by atoms with Gasteiger partial charge in [0.15, 0.2) is 5.96 Å². The van der Waals surface area contributed by atoms with Gasteiger partial charge in [0.1, 0.15) is 0 Å². The van der Waals surface area contributed by atoms with Crippen LogP contribution < -0.4 is 10.6 Å². The van der Waals surface area contributed by atoms with E-state index in [2.05, 4.69) is 20.7 Å². The Kier molecular flexibility index (Phi) is 4.01. The first-order valence-electron chi connectivity index (χ1n) is 6.20. The van der Waals surface area contributed by atoms with Gasteiger partial charge in [0.05, 0.1) is 6.20 Å². The number of hydrogen-bond acceptors (Lipinski definition) is 2. The lowest BCUT2D eigenvalue weighted by molar-refractivity contribution is 0.314. The minimum Gasteiger partial charge on any atom is -0.356 e. The zero-order valence-corrected chi connectivity index (χ0v) is 10.6. The molecule has 2 N–H and O–H groups in total. The fourth-order valence-corrected chi connectivity index (χ4v) is 1.91. The average molecular weight is 235 g/mol. The van der Waals surface area contributed by atoms with Crippen LogP contribution in [0.1, 0.15) is 24.8 Å². The lowest BCUT2D eigenvalue weighted by Crippen LogP contribution is -2.40. The molecule has 0 radical (unpaired) electrons. The highest BCUT2D eigenvalue weighted by Crippen LogP contribution is 2.24. The molecular weight excluding hydrogens is 214 g/mol. The van der Waals surface area contributed by atoms with Crippen molar-refractivity contribution in [3.05, 3.63) is 18.0 Å². The maximum atomic E-state index is 4.21. The Morgan fingerprint density at radius 1 is 1.53 bits per heavy atom. The van der Waals surface area contributed by atoms with Crippen LogP contribution in [0.25, 0.3) is 0 Å². The molecule has 5 nitrogen and oxygen atoms in total. The molecule has 0 unspecified atom stereocenters. The maximum Gasteiger partial charge on any atom is 0.191 e. The van der Waals surface area contributed by atoms with Crippen molar-refractivity contribution in [3.8, 4) is 0 Å². The van der Waals surface area contributed by atoms with E-state index < -0.39 is 0 Å². The SMILES string of the molecule is CN=C(NCc1cnn(C)c1)NCC1CCC1. The molecule has 17 heavy (non-hydrogen) atoms. The molecular formula is C12H21N5. The monoisotopic (exact) mass is 235 g/mol. The van der Waals surface area contributed by atoms with Crippen LogP contribution >= 0.6 is 0 Å². The summed E-state index contributed by atoms with van der Waals surface area (Å²) in [6.07, 6.45) is 7.96. The predicted molar refractivity (Wildman–Crippen MR) is 68.8 cm³/mol. The third-order valence-electron chi connectivity index (χ3n) is 3.22. The highest BCUT2D eigenvalue weighted by Gasteiger charge is 2.17. The zero-order valence-electron chi connectivity index (χ0n) is 10.6. The predicted octanol–water partition coefficient (Wildman–Crippen LogP) is 0.885. The number of aryl methyl sites for hydroxylation is 1. The third-order valence-corrected chi connectivity index (χ3v) is 3.22. The third kappa shape index (κ3) is 3.47. The highest BCUT2D eigenvalue weighted by molar-refractivity contribution is 5.79. The van der Waals surface area contributed by atoms with E-state index in [1.807, 2.05) is 24.1 Å². The van der Waals surface area contributed by atoms with Crippen molar-refractivity contribution in [2.24, 2.45) is 18.0 Å². The summed E-state index contributed by atoms with van der Waals surface area (Å²) in [6.45, 7) is 1.80. The van der Waals surface area contributed by atoms with Gasteiger partial charge in [0.2, 0.25) is 0 Å². The number of hydrogen-bond donors (Lipinski definition) is 2. The van der Waals surface area contributed by atoms with Crippen LogP contribution in [0.5, 0.6) is 0 Å². The van der Waals surface area contributed by atoms with Gasteiger partial charge in [-0.2, -0.15) is 5.10 Å². The molecule has 0 spiro atoms. The first-order valence-corrected chi connectivity index (χ1v) is 6.20. The molecule has 94 valence electrons. The lowest BCUT2D eigenvalue weighted by atomic mass is 9.85. The van der Waals surface area contributed by atoms with Crippen molar-refractivity contribution < 1.29 is 0 Å². The smallest absolute Gasteiger partial charge is 0.191 e. The van der Waals surface area contributed by atoms with Crippen LogP contribution in [0.15, 0.2) is 17.4 Å². The van der Waals surface area contributed by atoms with Crippen LogP contribution in [0.3, 0.4) is 0 Å². The molecule has 0 amide bonds. The average Bonchev–Trinajstić information content (AvgIpc) is 2.67. The van der Waals surface area contributed by atoms with Crippen molar-refractivity contribution in [2.75, 3.05) is 13.6 Å². The molecule has 0 aliphatic heterocycles. The fourth-order valence-electron chi connectivity index (χ4n) is 1.91. The van der Waals surface area contributed by atoms with Crippen LogP contribution in [-0.4, -0.2) is 29.3 Å². The molecule has 0 saturated heterocycles. The summed E-state index contributed by atoms with van der Waals surface area (Å²) in [5.41, 5.74) is 1.17. The van der Waals surface area contributed by atoms with Crippen LogP contribution in [0.2, 0.25) is 0 Å². The molecule has 0 atom stereocenters. The largest absolute Gasteiger partial charge is 0.356 e. The summed E-state index contributed by atoms with van der Waals surface area (Å²) >= 11 is 0. The van der Waals surface area contributed by atoms with E-state index in [0.29, 0.717) is 0 Å². The Morgan fingerprint density at radius 2 is 2.35 bits per heavy atom. The Bertz CT molecular complexity index is 378. The van der Waals surface area contributed by atoms with Gasteiger partial charge >= 0.3 is 0 Å². The minimum absolute atomic E-state index is 0.762. The summed E-state index contributed by atoms with van der Waals surface area (Å²) in [5, 5.41) is 10.8. The molecule has 1 aromatic rings. The zero-order chi connectivity index (χ0) is 12.1. The molecule has 2 rings (SSSR count). The molecule has 0 aromatic carbocycles. The molecule has 1 aliphatic carbocycles. The molecule has 0 bridgehead atoms. The molecule has 1 fully saturated rings. The van der Waals surface area contributed by atoms with Gasteiger partial charge in [-0.1, -0.05) is 6.42 Å². The Hall–Kier alpha value is -1.52. The molecule has 1 heterocycles. The van der Waals surface area contributed by atoms with Crippen LogP contribution in [0, 0.1) is 5.92 Å². The van der Waals surface area contributed by atoms with Crippen molar-refractivity contribution in [3.63, 3.8) is 0 Å². The second-order valence-corrected chi connectivity index (χ2v) is 4.63. The van der Waals surface area contributed by atoms with E-state index in [1.54, 1.807) is 7.05 Å². The first kappa shape index (κ1) is 12.0. The number of aromatic nitrogens is 2. The summed E-state index contributed by atoms with van der Waals surface area (Å²) in [5.74, 6) is 1.72. The topological polar surface area (TPSA) is 54.2 Å². The summed E-state index contributed by atoms with van der Waals surface area (Å²) in [4.78, 5) is 4.21. The lowest BCUT2D eigenvalue weighted by Gasteiger charge is -2.26. The van der Waals surface area contributed by atoms with E-state index in [-0.39, 0.29) is 0 Å².